The molecule has 1 heterocycles. The highest BCUT2D eigenvalue weighted by atomic mass is 16.1. The predicted molar refractivity (Wildman–Crippen MR) is 74.8 cm³/mol. The summed E-state index contributed by atoms with van der Waals surface area (Å²) in [6.45, 7) is 6.17. The van der Waals surface area contributed by atoms with Gasteiger partial charge in [-0.1, -0.05) is 18.2 Å². The van der Waals surface area contributed by atoms with Gasteiger partial charge >= 0.3 is 0 Å². The molecule has 4 nitrogen and oxygen atoms in total. The summed E-state index contributed by atoms with van der Waals surface area (Å²) >= 11 is 0. The number of aromatic nitrogens is 2. The summed E-state index contributed by atoms with van der Waals surface area (Å²) < 4.78 is 0. The van der Waals surface area contributed by atoms with Crippen molar-refractivity contribution in [2.75, 3.05) is 0 Å². The van der Waals surface area contributed by atoms with Crippen LogP contribution in [0.3, 0.4) is 0 Å². The molecule has 2 N–H and O–H groups in total. The van der Waals surface area contributed by atoms with Crippen LogP contribution in [-0.2, 0) is 11.2 Å². The molecule has 0 aliphatic rings. The van der Waals surface area contributed by atoms with E-state index in [0.717, 1.165) is 11.3 Å². The molecule has 19 heavy (non-hydrogen) atoms. The molecular formula is C15H19N3O. The van der Waals surface area contributed by atoms with Crippen LogP contribution < -0.4 is 5.32 Å². The van der Waals surface area contributed by atoms with Crippen LogP contribution in [0.4, 0.5) is 0 Å². The molecule has 0 bridgehead atoms. The van der Waals surface area contributed by atoms with Gasteiger partial charge in [-0.2, -0.15) is 0 Å². The fourth-order valence-electron chi connectivity index (χ4n) is 2.17. The van der Waals surface area contributed by atoms with Gasteiger partial charge in [0.25, 0.3) is 0 Å². The van der Waals surface area contributed by atoms with Gasteiger partial charge in [0.1, 0.15) is 0 Å². The Morgan fingerprint density at radius 1 is 1.42 bits per heavy atom. The van der Waals surface area contributed by atoms with Crippen molar-refractivity contribution in [3.05, 3.63) is 53.1 Å². The van der Waals surface area contributed by atoms with Gasteiger partial charge in [0.05, 0.1) is 18.8 Å². The molecular weight excluding hydrogens is 238 g/mol. The summed E-state index contributed by atoms with van der Waals surface area (Å²) in [6.07, 6.45) is 3.58. The normalized spacial score (nSPS) is 12.2. The maximum Gasteiger partial charge on any atom is 0.226 e. The first-order chi connectivity index (χ1) is 9.08. The summed E-state index contributed by atoms with van der Waals surface area (Å²) in [4.78, 5) is 18.8. The highest BCUT2D eigenvalue weighted by molar-refractivity contribution is 5.78. The van der Waals surface area contributed by atoms with Gasteiger partial charge in [-0.15, -0.1) is 0 Å². The Kier molecular flexibility index (Phi) is 4.00. The Morgan fingerprint density at radius 3 is 2.89 bits per heavy atom. The topological polar surface area (TPSA) is 57.8 Å². The zero-order valence-electron chi connectivity index (χ0n) is 11.5. The van der Waals surface area contributed by atoms with Crippen LogP contribution in [0.25, 0.3) is 0 Å². The number of H-pyrrole nitrogens is 1. The van der Waals surface area contributed by atoms with Crippen LogP contribution in [0.1, 0.15) is 35.3 Å². The zero-order valence-corrected chi connectivity index (χ0v) is 11.5. The van der Waals surface area contributed by atoms with E-state index in [2.05, 4.69) is 41.3 Å². The maximum absolute atomic E-state index is 11.9. The lowest BCUT2D eigenvalue weighted by Gasteiger charge is -2.17. The Morgan fingerprint density at radius 2 is 2.21 bits per heavy atom. The van der Waals surface area contributed by atoms with Crippen LogP contribution in [0, 0.1) is 13.8 Å². The van der Waals surface area contributed by atoms with E-state index in [1.807, 2.05) is 13.0 Å². The van der Waals surface area contributed by atoms with Gasteiger partial charge in [0.15, 0.2) is 0 Å². The summed E-state index contributed by atoms with van der Waals surface area (Å²) in [7, 11) is 0. The number of amides is 1. The highest BCUT2D eigenvalue weighted by Gasteiger charge is 2.13. The van der Waals surface area contributed by atoms with Gasteiger partial charge in [0, 0.05) is 11.9 Å². The average Bonchev–Trinajstić information content (AvgIpc) is 2.85. The Hall–Kier alpha value is -2.10. The number of nitrogens with zero attached hydrogens (tertiary/aromatic N) is 1. The van der Waals surface area contributed by atoms with E-state index >= 15 is 0 Å². The predicted octanol–water partition coefficient (Wildman–Crippen LogP) is 2.45. The third-order valence-electron chi connectivity index (χ3n) is 3.40. The number of carbonyl (C=O) groups excluding carboxylic acids is 1. The number of benzene rings is 1. The van der Waals surface area contributed by atoms with Crippen molar-refractivity contribution in [1.29, 1.82) is 0 Å². The minimum atomic E-state index is -0.00217. The zero-order chi connectivity index (χ0) is 13.8. The first-order valence-corrected chi connectivity index (χ1v) is 6.40. The molecule has 0 fully saturated rings. The lowest BCUT2D eigenvalue weighted by molar-refractivity contribution is -0.121. The van der Waals surface area contributed by atoms with Gasteiger partial charge < -0.3 is 10.3 Å². The SMILES string of the molecule is Cc1cccc(C(C)NC(=O)Cc2cnc[nH]2)c1C. The van der Waals surface area contributed by atoms with E-state index in [1.165, 1.54) is 11.1 Å². The van der Waals surface area contributed by atoms with Gasteiger partial charge in [-0.3, -0.25) is 4.79 Å². The number of aryl methyl sites for hydroxylation is 1. The minimum Gasteiger partial charge on any atom is -0.349 e. The van der Waals surface area contributed by atoms with Crippen molar-refractivity contribution in [3.63, 3.8) is 0 Å². The number of carbonyl (C=O) groups is 1. The van der Waals surface area contributed by atoms with Crippen molar-refractivity contribution in [3.8, 4) is 0 Å². The van der Waals surface area contributed by atoms with E-state index in [9.17, 15) is 4.79 Å². The summed E-state index contributed by atoms with van der Waals surface area (Å²) in [5.74, 6) is -0.00217. The molecule has 1 aromatic heterocycles. The molecule has 0 radical (unpaired) electrons. The molecule has 1 unspecified atom stereocenters. The third-order valence-corrected chi connectivity index (χ3v) is 3.40. The molecule has 1 amide bonds. The van der Waals surface area contributed by atoms with E-state index in [-0.39, 0.29) is 11.9 Å². The molecule has 0 aliphatic heterocycles. The fraction of sp³-hybridized carbons (Fsp3) is 0.333. The fourth-order valence-corrected chi connectivity index (χ4v) is 2.17. The van der Waals surface area contributed by atoms with Crippen LogP contribution >= 0.6 is 0 Å². The number of imidazole rings is 1. The second-order valence-corrected chi connectivity index (χ2v) is 4.83. The van der Waals surface area contributed by atoms with Gasteiger partial charge in [-0.05, 0) is 37.5 Å². The van der Waals surface area contributed by atoms with Crippen molar-refractivity contribution >= 4 is 5.91 Å². The first-order valence-electron chi connectivity index (χ1n) is 6.40. The molecule has 2 aromatic rings. The van der Waals surface area contributed by atoms with Crippen molar-refractivity contribution < 1.29 is 4.79 Å². The van der Waals surface area contributed by atoms with E-state index in [4.69, 9.17) is 0 Å². The third kappa shape index (κ3) is 3.22. The van der Waals surface area contributed by atoms with Crippen LogP contribution in [0.5, 0.6) is 0 Å². The van der Waals surface area contributed by atoms with Crippen LogP contribution in [0.15, 0.2) is 30.7 Å². The summed E-state index contributed by atoms with van der Waals surface area (Å²) in [5, 5.41) is 3.02. The molecule has 0 saturated heterocycles. The molecule has 0 aliphatic carbocycles. The standard InChI is InChI=1S/C15H19N3O/c1-10-5-4-6-14(11(10)2)12(3)18-15(19)7-13-8-16-9-17-13/h4-6,8-9,12H,7H2,1-3H3,(H,16,17)(H,18,19). The van der Waals surface area contributed by atoms with Crippen LogP contribution in [0.2, 0.25) is 0 Å². The molecule has 1 atom stereocenters. The quantitative estimate of drug-likeness (QED) is 0.884. The average molecular weight is 257 g/mol. The Balaban J connectivity index is 2.02. The second kappa shape index (κ2) is 5.69. The number of nitrogens with one attached hydrogen (secondary N) is 2. The summed E-state index contributed by atoms with van der Waals surface area (Å²) in [5.41, 5.74) is 4.47. The molecule has 4 heteroatoms. The largest absolute Gasteiger partial charge is 0.349 e. The number of aromatic amines is 1. The second-order valence-electron chi connectivity index (χ2n) is 4.83. The van der Waals surface area contributed by atoms with Crippen molar-refractivity contribution in [1.82, 2.24) is 15.3 Å². The molecule has 1 aromatic carbocycles. The molecule has 0 spiro atoms. The molecule has 100 valence electrons. The van der Waals surface area contributed by atoms with Gasteiger partial charge in [0.2, 0.25) is 5.91 Å². The van der Waals surface area contributed by atoms with E-state index in [1.54, 1.807) is 12.5 Å². The number of rotatable bonds is 4. The minimum absolute atomic E-state index is 0.00217. The monoisotopic (exact) mass is 257 g/mol. The Bertz CT molecular complexity index is 561. The summed E-state index contributed by atoms with van der Waals surface area (Å²) in [6, 6.07) is 6.17. The highest BCUT2D eigenvalue weighted by Crippen LogP contribution is 2.20. The maximum atomic E-state index is 11.9. The number of hydrogen-bond acceptors (Lipinski definition) is 2. The Labute approximate surface area is 113 Å². The first kappa shape index (κ1) is 13.3. The molecule has 0 saturated carbocycles. The van der Waals surface area contributed by atoms with Gasteiger partial charge in [-0.25, -0.2) is 4.98 Å². The van der Waals surface area contributed by atoms with Crippen molar-refractivity contribution in [2.45, 2.75) is 33.2 Å². The van der Waals surface area contributed by atoms with E-state index < -0.39 is 0 Å². The molecule has 2 rings (SSSR count). The number of hydrogen-bond donors (Lipinski definition) is 2. The van der Waals surface area contributed by atoms with Crippen LogP contribution in [-0.4, -0.2) is 15.9 Å². The lowest BCUT2D eigenvalue weighted by Crippen LogP contribution is -2.28. The van der Waals surface area contributed by atoms with Crippen molar-refractivity contribution in [2.24, 2.45) is 0 Å². The lowest BCUT2D eigenvalue weighted by atomic mass is 9.98. The smallest absolute Gasteiger partial charge is 0.226 e. The van der Waals surface area contributed by atoms with E-state index in [0.29, 0.717) is 6.42 Å².